The molecule has 0 saturated carbocycles. The van der Waals surface area contributed by atoms with Gasteiger partial charge in [-0.25, -0.2) is 4.98 Å². The lowest BCUT2D eigenvalue weighted by Crippen LogP contribution is -1.86. The molecule has 0 saturated heterocycles. The van der Waals surface area contributed by atoms with Crippen molar-refractivity contribution in [3.63, 3.8) is 0 Å². The predicted octanol–water partition coefficient (Wildman–Crippen LogP) is 2.70. The molecule has 2 aromatic heterocycles. The molecule has 16 heavy (non-hydrogen) atoms. The smallest absolute Gasteiger partial charge is 0.110 e. The van der Waals surface area contributed by atoms with E-state index in [1.807, 2.05) is 37.5 Å². The Morgan fingerprint density at radius 2 is 1.94 bits per heavy atom. The number of imidazole rings is 1. The van der Waals surface area contributed by atoms with Gasteiger partial charge < -0.3 is 4.40 Å². The maximum Gasteiger partial charge on any atom is 0.110 e. The van der Waals surface area contributed by atoms with Crippen LogP contribution in [0.3, 0.4) is 0 Å². The highest BCUT2D eigenvalue weighted by Crippen LogP contribution is 2.23. The van der Waals surface area contributed by atoms with Crippen LogP contribution in [-0.2, 0) is 0 Å². The number of rotatable bonds is 1. The van der Waals surface area contributed by atoms with Crippen LogP contribution in [-0.4, -0.2) is 14.4 Å². The highest BCUT2D eigenvalue weighted by molar-refractivity contribution is 5.76. The highest BCUT2D eigenvalue weighted by Gasteiger charge is 2.08. The maximum atomic E-state index is 4.58. The summed E-state index contributed by atoms with van der Waals surface area (Å²) in [6, 6.07) is 10.2. The summed E-state index contributed by atoms with van der Waals surface area (Å²) in [5.41, 5.74) is 3.17. The molecule has 3 rings (SSSR count). The second kappa shape index (κ2) is 3.45. The van der Waals surface area contributed by atoms with E-state index in [2.05, 4.69) is 26.5 Å². The van der Waals surface area contributed by atoms with Crippen LogP contribution < -0.4 is 0 Å². The molecule has 3 nitrogen and oxygen atoms in total. The Morgan fingerprint density at radius 1 is 1.12 bits per heavy atom. The van der Waals surface area contributed by atoms with Crippen LogP contribution in [0.5, 0.6) is 0 Å². The molecule has 3 aromatic rings. The van der Waals surface area contributed by atoms with Crippen molar-refractivity contribution in [2.24, 2.45) is 0 Å². The predicted molar refractivity (Wildman–Crippen MR) is 63.2 cm³/mol. The van der Waals surface area contributed by atoms with Crippen molar-refractivity contribution >= 4 is 5.52 Å². The molecule has 0 atom stereocenters. The van der Waals surface area contributed by atoms with Crippen LogP contribution in [0.25, 0.3) is 16.8 Å². The first-order valence-electron chi connectivity index (χ1n) is 5.20. The molecule has 1 aromatic carbocycles. The summed E-state index contributed by atoms with van der Waals surface area (Å²) in [6.45, 7) is 2.00. The molecule has 0 amide bonds. The zero-order chi connectivity index (χ0) is 11.0. The first-order chi connectivity index (χ1) is 7.86. The quantitative estimate of drug-likeness (QED) is 0.616. The van der Waals surface area contributed by atoms with E-state index >= 15 is 0 Å². The number of aryl methyl sites for hydroxylation is 1. The third-order valence-corrected chi connectivity index (χ3v) is 2.67. The third-order valence-electron chi connectivity index (χ3n) is 2.67. The minimum Gasteiger partial charge on any atom is -0.300 e. The summed E-state index contributed by atoms with van der Waals surface area (Å²) in [5.74, 6) is 0.983. The van der Waals surface area contributed by atoms with Gasteiger partial charge in [0, 0.05) is 18.0 Å². The van der Waals surface area contributed by atoms with Gasteiger partial charge in [-0.15, -0.1) is 0 Å². The fraction of sp³-hybridized carbons (Fsp3) is 0.0769. The van der Waals surface area contributed by atoms with Gasteiger partial charge >= 0.3 is 0 Å². The molecule has 78 valence electrons. The van der Waals surface area contributed by atoms with E-state index in [-0.39, 0.29) is 0 Å². The van der Waals surface area contributed by atoms with Gasteiger partial charge in [0.1, 0.15) is 5.82 Å². The Labute approximate surface area is 93.4 Å². The van der Waals surface area contributed by atoms with Crippen LogP contribution in [0.1, 0.15) is 5.82 Å². The van der Waals surface area contributed by atoms with E-state index in [9.17, 15) is 0 Å². The number of hydrogen-bond donors (Lipinski definition) is 0. The first-order valence-corrected chi connectivity index (χ1v) is 5.20. The molecular formula is C13H11N3. The largest absolute Gasteiger partial charge is 0.300 e. The fourth-order valence-electron chi connectivity index (χ4n) is 1.90. The molecule has 2 heterocycles. The number of nitrogens with zero attached hydrogens (tertiary/aromatic N) is 3. The van der Waals surface area contributed by atoms with E-state index in [0.29, 0.717) is 0 Å². The average Bonchev–Trinajstić information content (AvgIpc) is 2.69. The average molecular weight is 209 g/mol. The molecule has 0 radical (unpaired) electrons. The summed E-state index contributed by atoms with van der Waals surface area (Å²) >= 11 is 0. The summed E-state index contributed by atoms with van der Waals surface area (Å²) in [4.78, 5) is 8.73. The van der Waals surface area contributed by atoms with Crippen molar-refractivity contribution in [3.8, 4) is 11.3 Å². The van der Waals surface area contributed by atoms with Crippen molar-refractivity contribution in [2.45, 2.75) is 6.92 Å². The minimum atomic E-state index is 0.983. The second-order valence-electron chi connectivity index (χ2n) is 3.71. The zero-order valence-corrected chi connectivity index (χ0v) is 8.96. The number of fused-ring (bicyclic) bond motifs is 1. The van der Waals surface area contributed by atoms with E-state index in [1.165, 1.54) is 0 Å². The monoisotopic (exact) mass is 209 g/mol. The molecule has 0 spiro atoms. The molecule has 0 fully saturated rings. The minimum absolute atomic E-state index is 0.983. The standard InChI is InChI=1S/C13H11N3/c1-10-15-13(11-5-3-2-4-6-11)12-9-14-7-8-16(10)12/h2-9H,1H3. The van der Waals surface area contributed by atoms with Gasteiger partial charge in [-0.05, 0) is 6.92 Å². The van der Waals surface area contributed by atoms with E-state index in [0.717, 1.165) is 22.6 Å². The second-order valence-corrected chi connectivity index (χ2v) is 3.71. The fourth-order valence-corrected chi connectivity index (χ4v) is 1.90. The van der Waals surface area contributed by atoms with E-state index in [1.54, 1.807) is 6.20 Å². The third kappa shape index (κ3) is 1.29. The van der Waals surface area contributed by atoms with Gasteiger partial charge in [0.25, 0.3) is 0 Å². The highest BCUT2D eigenvalue weighted by atomic mass is 15.0. The lowest BCUT2D eigenvalue weighted by molar-refractivity contribution is 1.03. The van der Waals surface area contributed by atoms with Crippen molar-refractivity contribution in [2.75, 3.05) is 0 Å². The topological polar surface area (TPSA) is 30.2 Å². The van der Waals surface area contributed by atoms with Crippen molar-refractivity contribution in [1.29, 1.82) is 0 Å². The first kappa shape index (κ1) is 9.09. The van der Waals surface area contributed by atoms with Gasteiger partial charge in [-0.1, -0.05) is 30.3 Å². The normalized spacial score (nSPS) is 10.8. The maximum absolute atomic E-state index is 4.58. The van der Waals surface area contributed by atoms with Crippen LogP contribution in [0.2, 0.25) is 0 Å². The summed E-state index contributed by atoms with van der Waals surface area (Å²) < 4.78 is 2.05. The lowest BCUT2D eigenvalue weighted by Gasteiger charge is -1.97. The molecule has 0 aliphatic heterocycles. The number of benzene rings is 1. The Kier molecular flexibility index (Phi) is 1.96. The van der Waals surface area contributed by atoms with Crippen molar-refractivity contribution in [3.05, 3.63) is 54.7 Å². The molecular weight excluding hydrogens is 198 g/mol. The Bertz CT molecular complexity index is 626. The summed E-state index contributed by atoms with van der Waals surface area (Å²) in [6.07, 6.45) is 5.56. The number of hydrogen-bond acceptors (Lipinski definition) is 2. The van der Waals surface area contributed by atoms with Crippen LogP contribution in [0, 0.1) is 6.92 Å². The van der Waals surface area contributed by atoms with Gasteiger partial charge in [-0.3, -0.25) is 4.98 Å². The van der Waals surface area contributed by atoms with Gasteiger partial charge in [-0.2, -0.15) is 0 Å². The molecule has 0 aliphatic carbocycles. The molecule has 0 N–H and O–H groups in total. The Morgan fingerprint density at radius 3 is 2.75 bits per heavy atom. The molecule has 0 bridgehead atoms. The summed E-state index contributed by atoms with van der Waals surface area (Å²) in [5, 5.41) is 0. The number of aromatic nitrogens is 3. The van der Waals surface area contributed by atoms with Gasteiger partial charge in [0.2, 0.25) is 0 Å². The Balaban J connectivity index is 2.33. The van der Waals surface area contributed by atoms with Gasteiger partial charge in [0.05, 0.1) is 17.4 Å². The van der Waals surface area contributed by atoms with Crippen molar-refractivity contribution in [1.82, 2.24) is 14.4 Å². The molecule has 3 heteroatoms. The van der Waals surface area contributed by atoms with Crippen LogP contribution >= 0.6 is 0 Å². The van der Waals surface area contributed by atoms with Crippen molar-refractivity contribution < 1.29 is 0 Å². The van der Waals surface area contributed by atoms with Crippen LogP contribution in [0.15, 0.2) is 48.9 Å². The van der Waals surface area contributed by atoms with Gasteiger partial charge in [0.15, 0.2) is 0 Å². The van der Waals surface area contributed by atoms with E-state index < -0.39 is 0 Å². The molecule has 0 unspecified atom stereocenters. The van der Waals surface area contributed by atoms with E-state index in [4.69, 9.17) is 0 Å². The summed E-state index contributed by atoms with van der Waals surface area (Å²) in [7, 11) is 0. The SMILES string of the molecule is Cc1nc(-c2ccccc2)c2cnccn12. The Hall–Kier alpha value is -2.16. The van der Waals surface area contributed by atoms with Crippen LogP contribution in [0.4, 0.5) is 0 Å². The molecule has 0 aliphatic rings. The zero-order valence-electron chi connectivity index (χ0n) is 8.96. The lowest BCUT2D eigenvalue weighted by atomic mass is 10.1.